The number of benzene rings is 1. The van der Waals surface area contributed by atoms with E-state index in [4.69, 9.17) is 9.84 Å². The van der Waals surface area contributed by atoms with Crippen molar-refractivity contribution < 1.29 is 27.9 Å². The lowest BCUT2D eigenvalue weighted by atomic mass is 9.75. The summed E-state index contributed by atoms with van der Waals surface area (Å²) in [6.45, 7) is 7.07. The van der Waals surface area contributed by atoms with Crippen LogP contribution < -0.4 is 10.9 Å². The number of carbonyl (C=O) groups is 2. The summed E-state index contributed by atoms with van der Waals surface area (Å²) in [6, 6.07) is 7.66. The first kappa shape index (κ1) is 29.1. The molecule has 0 aromatic heterocycles. The molecule has 8 nitrogen and oxygen atoms in total. The van der Waals surface area contributed by atoms with E-state index >= 15 is 0 Å². The van der Waals surface area contributed by atoms with Gasteiger partial charge in [-0.3, -0.25) is 15.0 Å². The predicted molar refractivity (Wildman–Crippen MR) is 129 cm³/mol. The van der Waals surface area contributed by atoms with Crippen molar-refractivity contribution in [2.24, 2.45) is 11.3 Å². The zero-order valence-electron chi connectivity index (χ0n) is 20.7. The monoisotopic (exact) mass is 484 g/mol. The molecule has 1 rings (SSSR count). The number of esters is 1. The molecule has 1 amide bonds. The molecule has 0 saturated carbocycles. The highest BCUT2D eigenvalue weighted by atomic mass is 32.2. The Morgan fingerprint density at radius 3 is 2.42 bits per heavy atom. The molecule has 33 heavy (non-hydrogen) atoms. The molecule has 0 spiro atoms. The number of amides is 1. The smallest absolute Gasteiger partial charge is 0.308 e. The molecule has 0 aliphatic rings. The van der Waals surface area contributed by atoms with Gasteiger partial charge in [0.25, 0.3) is 0 Å². The minimum Gasteiger partial charge on any atom is -0.469 e. The minimum absolute atomic E-state index is 0.0130. The van der Waals surface area contributed by atoms with Gasteiger partial charge in [0, 0.05) is 7.05 Å². The highest BCUT2D eigenvalue weighted by Crippen LogP contribution is 2.34. The van der Waals surface area contributed by atoms with Crippen molar-refractivity contribution in [1.29, 1.82) is 0 Å². The molecule has 1 aromatic rings. The van der Waals surface area contributed by atoms with Gasteiger partial charge in [0.1, 0.15) is 0 Å². The summed E-state index contributed by atoms with van der Waals surface area (Å²) in [5.74, 6) is -1.02. The number of aliphatic hydroxyl groups is 1. The van der Waals surface area contributed by atoms with Crippen LogP contribution in [0.5, 0.6) is 0 Å². The second kappa shape index (κ2) is 12.5. The number of nitrogens with one attached hydrogen (secondary N) is 2. The molecule has 0 aliphatic heterocycles. The maximum atomic E-state index is 13.1. The van der Waals surface area contributed by atoms with Crippen LogP contribution in [0.1, 0.15) is 58.1 Å². The van der Waals surface area contributed by atoms with Crippen LogP contribution in [-0.2, 0) is 36.0 Å². The van der Waals surface area contributed by atoms with Crippen LogP contribution >= 0.6 is 0 Å². The summed E-state index contributed by atoms with van der Waals surface area (Å²) in [6.07, 6.45) is 2.26. The number of hydrogen-bond acceptors (Lipinski definition) is 7. The molecule has 0 radical (unpaired) electrons. The quantitative estimate of drug-likeness (QED) is 0.273. The number of carbonyl (C=O) groups excluding carboxylic acids is 2. The van der Waals surface area contributed by atoms with Crippen molar-refractivity contribution in [2.75, 3.05) is 32.3 Å². The van der Waals surface area contributed by atoms with Gasteiger partial charge in [-0.2, -0.15) is 0 Å². The summed E-state index contributed by atoms with van der Waals surface area (Å²) in [7, 11) is -0.343. The fourth-order valence-corrected chi connectivity index (χ4v) is 5.88. The van der Waals surface area contributed by atoms with Gasteiger partial charge in [0.2, 0.25) is 5.91 Å². The number of aliphatic hydroxyl groups excluding tert-OH is 1. The van der Waals surface area contributed by atoms with E-state index < -0.39 is 20.7 Å². The van der Waals surface area contributed by atoms with Gasteiger partial charge in [0.15, 0.2) is 9.84 Å². The standard InChI is InChI=1S/C24H40N2O6S/c1-18(21(28)32-6)15-19-9-7-10-20(16-19)24(4,22(29)26-25-5)12-8-11-23(2,3)17-33(30,31)14-13-27/h7,9-10,16,18,25,27H,8,11-15,17H2,1-6H3,(H,26,29)/t18-,24+/m0/s1. The zero-order chi connectivity index (χ0) is 25.3. The summed E-state index contributed by atoms with van der Waals surface area (Å²) < 4.78 is 29.1. The van der Waals surface area contributed by atoms with Gasteiger partial charge in [-0.15, -0.1) is 0 Å². The van der Waals surface area contributed by atoms with E-state index in [1.165, 1.54) is 7.11 Å². The largest absolute Gasteiger partial charge is 0.469 e. The van der Waals surface area contributed by atoms with Crippen LogP contribution in [0.25, 0.3) is 0 Å². The predicted octanol–water partition coefficient (Wildman–Crippen LogP) is 2.15. The van der Waals surface area contributed by atoms with Crippen molar-refractivity contribution in [1.82, 2.24) is 10.9 Å². The average Bonchev–Trinajstić information content (AvgIpc) is 2.72. The molecule has 9 heteroatoms. The maximum absolute atomic E-state index is 13.1. The lowest BCUT2D eigenvalue weighted by Gasteiger charge is -2.31. The highest BCUT2D eigenvalue weighted by molar-refractivity contribution is 7.91. The Morgan fingerprint density at radius 2 is 1.85 bits per heavy atom. The number of methoxy groups -OCH3 is 1. The molecule has 0 unspecified atom stereocenters. The molecule has 1 aromatic carbocycles. The molecule has 0 saturated heterocycles. The van der Waals surface area contributed by atoms with Crippen LogP contribution in [0.2, 0.25) is 0 Å². The highest BCUT2D eigenvalue weighted by Gasteiger charge is 2.36. The number of sulfone groups is 1. The van der Waals surface area contributed by atoms with Crippen LogP contribution in [0.4, 0.5) is 0 Å². The van der Waals surface area contributed by atoms with Crippen molar-refractivity contribution in [2.45, 2.75) is 58.8 Å². The fraction of sp³-hybridized carbons (Fsp3) is 0.667. The molecular weight excluding hydrogens is 444 g/mol. The number of hydrazine groups is 1. The van der Waals surface area contributed by atoms with E-state index in [0.29, 0.717) is 25.7 Å². The lowest BCUT2D eigenvalue weighted by molar-refractivity contribution is -0.144. The van der Waals surface area contributed by atoms with E-state index in [0.717, 1.165) is 11.1 Å². The Morgan fingerprint density at radius 1 is 1.18 bits per heavy atom. The van der Waals surface area contributed by atoms with Gasteiger partial charge in [0.05, 0.1) is 36.6 Å². The number of ether oxygens (including phenoxy) is 1. The Labute approximate surface area is 198 Å². The first-order chi connectivity index (χ1) is 15.3. The third-order valence-electron chi connectivity index (χ3n) is 5.99. The molecule has 0 bridgehead atoms. The second-order valence-corrected chi connectivity index (χ2v) is 11.9. The average molecular weight is 485 g/mol. The zero-order valence-corrected chi connectivity index (χ0v) is 21.5. The molecule has 188 valence electrons. The Balaban J connectivity index is 3.06. The van der Waals surface area contributed by atoms with Crippen LogP contribution in [0.15, 0.2) is 24.3 Å². The fourth-order valence-electron chi connectivity index (χ4n) is 4.12. The van der Waals surface area contributed by atoms with Crippen LogP contribution in [0.3, 0.4) is 0 Å². The Bertz CT molecular complexity index is 900. The molecule has 0 heterocycles. The third-order valence-corrected chi connectivity index (χ3v) is 8.02. The maximum Gasteiger partial charge on any atom is 0.308 e. The van der Waals surface area contributed by atoms with Gasteiger partial charge in [-0.25, -0.2) is 13.8 Å². The lowest BCUT2D eigenvalue weighted by Crippen LogP contribution is -2.47. The van der Waals surface area contributed by atoms with E-state index in [1.54, 1.807) is 14.0 Å². The number of hydrogen-bond donors (Lipinski definition) is 3. The topological polar surface area (TPSA) is 122 Å². The first-order valence-corrected chi connectivity index (χ1v) is 13.1. The van der Waals surface area contributed by atoms with Crippen molar-refractivity contribution in [3.8, 4) is 0 Å². The SMILES string of the molecule is CNNC(=O)[C@](C)(CCCC(C)(C)CS(=O)(=O)CCO)c1cccc(C[C@H](C)C(=O)OC)c1. The van der Waals surface area contributed by atoms with Crippen LogP contribution in [-0.4, -0.2) is 57.7 Å². The molecule has 0 aliphatic carbocycles. The van der Waals surface area contributed by atoms with Crippen molar-refractivity contribution in [3.05, 3.63) is 35.4 Å². The number of rotatable bonds is 14. The van der Waals surface area contributed by atoms with Gasteiger partial charge >= 0.3 is 5.97 Å². The van der Waals surface area contributed by atoms with E-state index in [1.807, 2.05) is 45.0 Å². The van der Waals surface area contributed by atoms with E-state index in [2.05, 4.69) is 10.9 Å². The Kier molecular flexibility index (Phi) is 11.0. The van der Waals surface area contributed by atoms with Gasteiger partial charge in [-0.05, 0) is 42.7 Å². The van der Waals surface area contributed by atoms with Crippen molar-refractivity contribution >= 4 is 21.7 Å². The van der Waals surface area contributed by atoms with E-state index in [-0.39, 0.29) is 35.9 Å². The minimum atomic E-state index is -3.34. The molecule has 0 fully saturated rings. The summed E-state index contributed by atoms with van der Waals surface area (Å²) >= 11 is 0. The summed E-state index contributed by atoms with van der Waals surface area (Å²) in [5.41, 5.74) is 5.82. The van der Waals surface area contributed by atoms with Crippen molar-refractivity contribution in [3.63, 3.8) is 0 Å². The molecule has 2 atom stereocenters. The Hall–Kier alpha value is -1.97. The van der Waals surface area contributed by atoms with Gasteiger partial charge < -0.3 is 9.84 Å². The summed E-state index contributed by atoms with van der Waals surface area (Å²) in [5, 5.41) is 8.99. The van der Waals surface area contributed by atoms with Gasteiger partial charge in [-0.1, -0.05) is 51.5 Å². The third kappa shape index (κ3) is 9.06. The molecular formula is C24H40N2O6S. The second-order valence-electron chi connectivity index (χ2n) is 9.70. The normalized spacial score (nSPS) is 14.9. The molecule has 3 N–H and O–H groups in total. The van der Waals surface area contributed by atoms with E-state index in [9.17, 15) is 18.0 Å². The summed E-state index contributed by atoms with van der Waals surface area (Å²) in [4.78, 5) is 24.9. The first-order valence-electron chi connectivity index (χ1n) is 11.3. The van der Waals surface area contributed by atoms with Crippen LogP contribution in [0, 0.1) is 11.3 Å².